The fourth-order valence-corrected chi connectivity index (χ4v) is 6.24. The van der Waals surface area contributed by atoms with Gasteiger partial charge in [0.25, 0.3) is 0 Å². The van der Waals surface area contributed by atoms with E-state index in [1.807, 2.05) is 30.3 Å². The molecule has 0 atom stereocenters. The number of nitrogen functional groups attached to an aromatic ring is 1. The van der Waals surface area contributed by atoms with E-state index in [2.05, 4.69) is 33.1 Å². The van der Waals surface area contributed by atoms with E-state index in [1.165, 1.54) is 4.90 Å². The van der Waals surface area contributed by atoms with Crippen molar-refractivity contribution in [1.82, 2.24) is 14.9 Å². The summed E-state index contributed by atoms with van der Waals surface area (Å²) >= 11 is 0.703. The first-order chi connectivity index (χ1) is 16.9. The molecule has 0 saturated heterocycles. The van der Waals surface area contributed by atoms with Gasteiger partial charge in [0.05, 0.1) is 0 Å². The van der Waals surface area contributed by atoms with Crippen LogP contribution in [0.15, 0.2) is 65.3 Å². The second kappa shape index (κ2) is 12.8. The Kier molecular flexibility index (Phi) is 9.82. The number of hydrogen-bond acceptors (Lipinski definition) is 7. The topological polar surface area (TPSA) is 109 Å². The molecule has 35 heavy (non-hydrogen) atoms. The fourth-order valence-electron chi connectivity index (χ4n) is 3.43. The quantitative estimate of drug-likeness (QED) is 0.203. The SMILES string of the molecule is C[I-]c1cc(-c2ccccc2)ccc1C(=O)S/C(CCO)=C(/C)N(C=O)Cc1cnc(C)nc1N. The van der Waals surface area contributed by atoms with E-state index in [9.17, 15) is 14.7 Å². The molecule has 0 aliphatic carbocycles. The van der Waals surface area contributed by atoms with Gasteiger partial charge in [-0.05, 0) is 6.92 Å². The number of carbonyl (C=O) groups excluding carboxylic acids is 2. The average Bonchev–Trinajstić information content (AvgIpc) is 2.87. The first-order valence-electron chi connectivity index (χ1n) is 10.9. The number of amides is 1. The number of carbonyl (C=O) groups is 2. The minimum atomic E-state index is -0.355. The predicted octanol–water partition coefficient (Wildman–Crippen LogP) is 1.07. The van der Waals surface area contributed by atoms with Gasteiger partial charge in [0, 0.05) is 0 Å². The average molecular weight is 604 g/mol. The van der Waals surface area contributed by atoms with Crippen molar-refractivity contribution in [2.45, 2.75) is 26.8 Å². The van der Waals surface area contributed by atoms with Crippen LogP contribution in [0, 0.1) is 10.5 Å². The summed E-state index contributed by atoms with van der Waals surface area (Å²) in [5, 5.41) is 9.55. The van der Waals surface area contributed by atoms with Gasteiger partial charge < -0.3 is 0 Å². The number of hydrogen-bond donors (Lipinski definition) is 2. The number of aliphatic hydroxyl groups excluding tert-OH is 1. The molecule has 1 amide bonds. The number of thioether (sulfide) groups is 1. The van der Waals surface area contributed by atoms with E-state index in [0.29, 0.717) is 39.8 Å². The van der Waals surface area contributed by atoms with E-state index in [1.54, 1.807) is 20.0 Å². The number of nitrogens with zero attached hydrogens (tertiary/aromatic N) is 3. The molecule has 1 heterocycles. The summed E-state index contributed by atoms with van der Waals surface area (Å²) in [6, 6.07) is 16.0. The molecule has 0 radical (unpaired) electrons. The molecule has 7 nitrogen and oxygen atoms in total. The van der Waals surface area contributed by atoms with Crippen LogP contribution in [0.25, 0.3) is 11.1 Å². The third-order valence-corrected chi connectivity index (χ3v) is 8.58. The Morgan fingerprint density at radius 3 is 2.57 bits per heavy atom. The van der Waals surface area contributed by atoms with E-state index >= 15 is 0 Å². The first kappa shape index (κ1) is 26.8. The van der Waals surface area contributed by atoms with Gasteiger partial charge in [-0.15, -0.1) is 0 Å². The fraction of sp³-hybridized carbons (Fsp3) is 0.231. The number of anilines is 1. The number of aryl methyl sites for hydroxylation is 1. The molecule has 9 heteroatoms. The summed E-state index contributed by atoms with van der Waals surface area (Å²) in [6.45, 7) is 3.53. The third-order valence-electron chi connectivity index (χ3n) is 5.38. The second-order valence-electron chi connectivity index (χ2n) is 7.68. The molecule has 3 rings (SSSR count). The summed E-state index contributed by atoms with van der Waals surface area (Å²) in [6.07, 6.45) is 2.54. The molecule has 1 aromatic heterocycles. The Morgan fingerprint density at radius 1 is 1.20 bits per heavy atom. The van der Waals surface area contributed by atoms with Crippen molar-refractivity contribution in [2.24, 2.45) is 0 Å². The number of halogens is 1. The van der Waals surface area contributed by atoms with E-state index in [-0.39, 0.29) is 45.9 Å². The standard InChI is InChI=1S/C26H28IN4O3S/c1-17(31(16-33)15-21-14-29-18(2)30-25(21)28)24(11-12-32)35-26(34)22-10-9-20(13-23(22)27-3)19-7-5-4-6-8-19/h4-10,13-14,16,32H,11-12,15H2,1-3H3,(H2,28,29,30)/q-1/b24-17-. The molecule has 0 unspecified atom stereocenters. The van der Waals surface area contributed by atoms with Crippen LogP contribution in [0.4, 0.5) is 5.82 Å². The summed E-state index contributed by atoms with van der Waals surface area (Å²) in [7, 11) is 0. The van der Waals surface area contributed by atoms with Crippen molar-refractivity contribution in [3.63, 3.8) is 0 Å². The van der Waals surface area contributed by atoms with Crippen LogP contribution in [0.1, 0.15) is 35.1 Å². The van der Waals surface area contributed by atoms with Crippen molar-refractivity contribution in [2.75, 3.05) is 17.3 Å². The summed E-state index contributed by atoms with van der Waals surface area (Å²) in [5.41, 5.74) is 10.0. The number of nitrogens with two attached hydrogens (primary N) is 1. The molecule has 3 N–H and O–H groups in total. The number of aromatic nitrogens is 2. The van der Waals surface area contributed by atoms with Crippen molar-refractivity contribution in [3.8, 4) is 11.1 Å². The van der Waals surface area contributed by atoms with Gasteiger partial charge in [0.15, 0.2) is 0 Å². The van der Waals surface area contributed by atoms with Gasteiger partial charge in [-0.25, -0.2) is 0 Å². The molecule has 0 bridgehead atoms. The van der Waals surface area contributed by atoms with Gasteiger partial charge in [0.2, 0.25) is 0 Å². The van der Waals surface area contributed by atoms with Crippen LogP contribution in [-0.4, -0.2) is 43.0 Å². The predicted molar refractivity (Wildman–Crippen MR) is 136 cm³/mol. The number of allylic oxidation sites excluding steroid dienone is 1. The maximum absolute atomic E-state index is 13.3. The molecule has 0 aliphatic rings. The molecule has 0 fully saturated rings. The molecule has 3 aromatic rings. The molecule has 184 valence electrons. The zero-order chi connectivity index (χ0) is 25.4. The number of alkyl halides is 1. The zero-order valence-electron chi connectivity index (χ0n) is 19.9. The van der Waals surface area contributed by atoms with Crippen LogP contribution in [0.5, 0.6) is 0 Å². The number of rotatable bonds is 10. The second-order valence-corrected chi connectivity index (χ2v) is 11.0. The van der Waals surface area contributed by atoms with Crippen molar-refractivity contribution < 1.29 is 35.9 Å². The van der Waals surface area contributed by atoms with Gasteiger partial charge >= 0.3 is 214 Å². The van der Waals surface area contributed by atoms with Crippen molar-refractivity contribution in [1.29, 1.82) is 0 Å². The molecule has 0 saturated carbocycles. The van der Waals surface area contributed by atoms with E-state index in [4.69, 9.17) is 5.73 Å². The first-order valence-corrected chi connectivity index (χ1v) is 14.9. The number of benzene rings is 2. The van der Waals surface area contributed by atoms with Crippen LogP contribution in [0.3, 0.4) is 0 Å². The monoisotopic (exact) mass is 603 g/mol. The minimum absolute atomic E-state index is 0.104. The number of aliphatic hydroxyl groups is 1. The summed E-state index contributed by atoms with van der Waals surface area (Å²) in [4.78, 5) is 37.8. The van der Waals surface area contributed by atoms with Gasteiger partial charge in [-0.1, -0.05) is 0 Å². The van der Waals surface area contributed by atoms with Gasteiger partial charge in [-0.3, -0.25) is 0 Å². The van der Waals surface area contributed by atoms with Crippen LogP contribution < -0.4 is 26.9 Å². The molecular formula is C26H28IN4O3S-. The normalized spacial score (nSPS) is 11.8. The molecule has 0 spiro atoms. The molecule has 0 aliphatic heterocycles. The Hall–Kier alpha value is -2.76. The Bertz CT molecular complexity index is 1230. The van der Waals surface area contributed by atoms with E-state index in [0.717, 1.165) is 26.5 Å². The van der Waals surface area contributed by atoms with Gasteiger partial charge in [0.1, 0.15) is 0 Å². The summed E-state index contributed by atoms with van der Waals surface area (Å²) < 4.78 is 1.06. The van der Waals surface area contributed by atoms with Crippen LogP contribution in [0.2, 0.25) is 0 Å². The Labute approximate surface area is 220 Å². The van der Waals surface area contributed by atoms with Crippen LogP contribution in [-0.2, 0) is 11.3 Å². The Morgan fingerprint density at radius 2 is 1.94 bits per heavy atom. The van der Waals surface area contributed by atoms with Crippen molar-refractivity contribution >= 4 is 29.1 Å². The van der Waals surface area contributed by atoms with Crippen molar-refractivity contribution in [3.05, 3.63) is 85.9 Å². The van der Waals surface area contributed by atoms with Gasteiger partial charge in [-0.2, -0.15) is 0 Å². The molecular weight excluding hydrogens is 575 g/mol. The molecule has 2 aromatic carbocycles. The summed E-state index contributed by atoms with van der Waals surface area (Å²) in [5.74, 6) is 0.853. The van der Waals surface area contributed by atoms with E-state index < -0.39 is 0 Å². The van der Waals surface area contributed by atoms with Crippen LogP contribution >= 0.6 is 11.8 Å². The third kappa shape index (κ3) is 6.89. The maximum atomic E-state index is 13.3. The Balaban J connectivity index is 1.88. The zero-order valence-corrected chi connectivity index (χ0v) is 22.8.